The molecule has 2 unspecified atom stereocenters. The monoisotopic (exact) mass is 647 g/mol. The van der Waals surface area contributed by atoms with Gasteiger partial charge in [-0.05, 0) is 67.7 Å². The van der Waals surface area contributed by atoms with Crippen LogP contribution in [0.4, 0.5) is 11.6 Å². The molecule has 1 saturated carbocycles. The van der Waals surface area contributed by atoms with Gasteiger partial charge in [-0.1, -0.05) is 30.3 Å². The Morgan fingerprint density at radius 2 is 1.51 bits per heavy atom. The molecule has 47 heavy (non-hydrogen) atoms. The highest BCUT2D eigenvalue weighted by molar-refractivity contribution is 5.69. The number of carbonyl (C=O) groups is 1. The highest BCUT2D eigenvalue weighted by Crippen LogP contribution is 2.41. The van der Waals surface area contributed by atoms with Gasteiger partial charge in [0.15, 0.2) is 5.82 Å². The lowest BCUT2D eigenvalue weighted by Gasteiger charge is -2.22. The molecule has 2 atom stereocenters. The van der Waals surface area contributed by atoms with Crippen molar-refractivity contribution in [1.29, 1.82) is 0 Å². The summed E-state index contributed by atoms with van der Waals surface area (Å²) in [7, 11) is 0. The number of esters is 1. The Kier molecular flexibility index (Phi) is 14.2. The van der Waals surface area contributed by atoms with Crippen LogP contribution in [0.1, 0.15) is 37.3 Å². The topological polar surface area (TPSA) is 117 Å². The quantitative estimate of drug-likeness (QED) is 0.129. The Balaban J connectivity index is 0.984. The minimum absolute atomic E-state index is 0.226. The zero-order chi connectivity index (χ0) is 32.5. The number of pyridine rings is 1. The maximum Gasteiger partial charge on any atom is 0.308 e. The van der Waals surface area contributed by atoms with E-state index in [1.54, 1.807) is 6.20 Å². The minimum Gasteiger partial charge on any atom is -0.466 e. The van der Waals surface area contributed by atoms with E-state index in [4.69, 9.17) is 33.7 Å². The summed E-state index contributed by atoms with van der Waals surface area (Å²) in [5.41, 5.74) is 3.59. The van der Waals surface area contributed by atoms with E-state index in [0.717, 1.165) is 62.6 Å². The van der Waals surface area contributed by atoms with Crippen LogP contribution in [0.25, 0.3) is 11.5 Å². The summed E-state index contributed by atoms with van der Waals surface area (Å²) in [6.07, 6.45) is 5.97. The van der Waals surface area contributed by atoms with Crippen molar-refractivity contribution in [3.63, 3.8) is 0 Å². The fraction of sp³-hybridized carbons (Fsp3) is 0.556. The smallest absolute Gasteiger partial charge is 0.308 e. The molecule has 1 aromatic carbocycles. The third-order valence-corrected chi connectivity index (χ3v) is 8.49. The molecular weight excluding hydrogens is 598 g/mol. The number of nitrogens with one attached hydrogen (secondary N) is 1. The number of aromatic nitrogens is 3. The number of fused-ring (bicyclic) bond motifs is 1. The minimum atomic E-state index is -0.226. The summed E-state index contributed by atoms with van der Waals surface area (Å²) < 4.78 is 27.0. The molecule has 0 bridgehead atoms. The summed E-state index contributed by atoms with van der Waals surface area (Å²) in [6, 6.07) is 16.6. The second-order valence-corrected chi connectivity index (χ2v) is 11.8. The number of benzene rings is 1. The third-order valence-electron chi connectivity index (χ3n) is 8.49. The molecule has 3 heterocycles. The lowest BCUT2D eigenvalue weighted by atomic mass is 10.0. The molecule has 0 amide bonds. The number of hydrogen-bond donors (Lipinski definition) is 1. The normalized spacial score (nSPS) is 17.2. The van der Waals surface area contributed by atoms with E-state index in [2.05, 4.69) is 45.5 Å². The predicted molar refractivity (Wildman–Crippen MR) is 181 cm³/mol. The third kappa shape index (κ3) is 11.8. The number of nitrogens with zero attached hydrogens (tertiary/aromatic N) is 4. The summed E-state index contributed by atoms with van der Waals surface area (Å²) in [4.78, 5) is 28.8. The first-order valence-corrected chi connectivity index (χ1v) is 17.0. The average Bonchev–Trinajstić information content (AvgIpc) is 3.90. The molecule has 1 aliphatic carbocycles. The molecule has 254 valence electrons. The lowest BCUT2D eigenvalue weighted by Crippen LogP contribution is -2.27. The molecular formula is C36H49N5O6. The van der Waals surface area contributed by atoms with Crippen LogP contribution in [0, 0.1) is 11.8 Å². The van der Waals surface area contributed by atoms with Crippen LogP contribution in [-0.2, 0) is 41.3 Å². The first-order valence-electron chi connectivity index (χ1n) is 17.0. The van der Waals surface area contributed by atoms with Gasteiger partial charge in [-0.3, -0.25) is 9.78 Å². The van der Waals surface area contributed by atoms with E-state index in [0.29, 0.717) is 77.1 Å². The molecule has 0 spiro atoms. The van der Waals surface area contributed by atoms with Gasteiger partial charge in [-0.15, -0.1) is 0 Å². The maximum absolute atomic E-state index is 12.1. The molecule has 1 aliphatic heterocycles. The van der Waals surface area contributed by atoms with E-state index in [9.17, 15) is 4.79 Å². The number of carbonyl (C=O) groups excluding carboxylic acids is 1. The van der Waals surface area contributed by atoms with Gasteiger partial charge in [0, 0.05) is 38.5 Å². The molecule has 5 rings (SSSR count). The Hall–Kier alpha value is -3.64. The molecule has 11 heteroatoms. The average molecular weight is 648 g/mol. The van der Waals surface area contributed by atoms with Crippen LogP contribution in [0.5, 0.6) is 0 Å². The fourth-order valence-electron chi connectivity index (χ4n) is 5.70. The largest absolute Gasteiger partial charge is 0.466 e. The van der Waals surface area contributed by atoms with Crippen molar-refractivity contribution in [1.82, 2.24) is 15.0 Å². The standard InChI is InChI=1S/C36H49N5O6/c1-2-43-19-20-45-23-24-46-22-21-44-17-13-35(42)47-18-12-30-25-31(30)27-38-33-26-34(40-36(39-33)32-9-5-6-14-37-32)41-15-10-28-7-3-4-8-29(28)11-16-41/h3-9,14,26,30-31H,2,10-13,15-25,27H2,1H3,(H,38,39,40). The highest BCUT2D eigenvalue weighted by atomic mass is 16.6. The van der Waals surface area contributed by atoms with Crippen molar-refractivity contribution in [2.24, 2.45) is 11.8 Å². The Bertz CT molecular complexity index is 1340. The number of ether oxygens (including phenoxy) is 5. The summed E-state index contributed by atoms with van der Waals surface area (Å²) >= 11 is 0. The molecule has 3 aromatic rings. The van der Waals surface area contributed by atoms with Crippen molar-refractivity contribution >= 4 is 17.6 Å². The Morgan fingerprint density at radius 3 is 2.19 bits per heavy atom. The Morgan fingerprint density at radius 1 is 0.830 bits per heavy atom. The molecule has 1 fully saturated rings. The van der Waals surface area contributed by atoms with Crippen LogP contribution < -0.4 is 10.2 Å². The second-order valence-electron chi connectivity index (χ2n) is 11.8. The second kappa shape index (κ2) is 19.2. The van der Waals surface area contributed by atoms with E-state index in [-0.39, 0.29) is 12.4 Å². The lowest BCUT2D eigenvalue weighted by molar-refractivity contribution is -0.145. The molecule has 1 N–H and O–H groups in total. The van der Waals surface area contributed by atoms with Gasteiger partial charge >= 0.3 is 5.97 Å². The molecule has 0 radical (unpaired) electrons. The summed E-state index contributed by atoms with van der Waals surface area (Å²) in [5.74, 6) is 3.19. The van der Waals surface area contributed by atoms with Gasteiger partial charge in [0.25, 0.3) is 0 Å². The molecule has 2 aliphatic rings. The van der Waals surface area contributed by atoms with Gasteiger partial charge in [0.05, 0.1) is 59.3 Å². The van der Waals surface area contributed by atoms with Gasteiger partial charge in [-0.2, -0.15) is 0 Å². The maximum atomic E-state index is 12.1. The van der Waals surface area contributed by atoms with Crippen LogP contribution >= 0.6 is 0 Å². The fourth-order valence-corrected chi connectivity index (χ4v) is 5.70. The molecule has 11 nitrogen and oxygen atoms in total. The van der Waals surface area contributed by atoms with Gasteiger partial charge in [0.2, 0.25) is 0 Å². The van der Waals surface area contributed by atoms with Crippen LogP contribution in [0.3, 0.4) is 0 Å². The van der Waals surface area contributed by atoms with Crippen molar-refractivity contribution in [3.05, 3.63) is 65.9 Å². The van der Waals surface area contributed by atoms with Crippen molar-refractivity contribution in [2.45, 2.75) is 39.0 Å². The van der Waals surface area contributed by atoms with Crippen LogP contribution in [0.15, 0.2) is 54.7 Å². The van der Waals surface area contributed by atoms with Crippen molar-refractivity contribution in [2.75, 3.05) is 89.3 Å². The Labute approximate surface area is 278 Å². The first-order chi connectivity index (χ1) is 23.2. The van der Waals surface area contributed by atoms with Gasteiger partial charge in [-0.25, -0.2) is 9.97 Å². The first kappa shape index (κ1) is 34.7. The van der Waals surface area contributed by atoms with E-state index in [1.165, 1.54) is 11.1 Å². The van der Waals surface area contributed by atoms with Crippen LogP contribution in [-0.4, -0.2) is 100 Å². The number of hydrogen-bond acceptors (Lipinski definition) is 11. The number of anilines is 2. The molecule has 2 aromatic heterocycles. The SMILES string of the molecule is CCOCCOCCOCCOCCC(=O)OCCC1CC1CNc1cc(N2CCc3ccccc3CC2)nc(-c2ccccn2)n1. The van der Waals surface area contributed by atoms with E-state index >= 15 is 0 Å². The van der Waals surface area contributed by atoms with E-state index in [1.807, 2.05) is 25.1 Å². The van der Waals surface area contributed by atoms with Crippen LogP contribution in [0.2, 0.25) is 0 Å². The highest BCUT2D eigenvalue weighted by Gasteiger charge is 2.36. The predicted octanol–water partition coefficient (Wildman–Crippen LogP) is 4.60. The zero-order valence-electron chi connectivity index (χ0n) is 27.6. The van der Waals surface area contributed by atoms with Gasteiger partial charge < -0.3 is 33.9 Å². The summed E-state index contributed by atoms with van der Waals surface area (Å²) in [5, 5.41) is 3.57. The number of rotatable bonds is 21. The van der Waals surface area contributed by atoms with Crippen molar-refractivity contribution < 1.29 is 28.5 Å². The molecule has 0 saturated heterocycles. The van der Waals surface area contributed by atoms with E-state index < -0.39 is 0 Å². The van der Waals surface area contributed by atoms with Crippen molar-refractivity contribution in [3.8, 4) is 11.5 Å². The van der Waals surface area contributed by atoms with Gasteiger partial charge in [0.1, 0.15) is 17.3 Å². The summed E-state index contributed by atoms with van der Waals surface area (Å²) in [6.45, 7) is 9.16. The zero-order valence-corrected chi connectivity index (χ0v) is 27.6.